The van der Waals surface area contributed by atoms with Crippen LogP contribution in [-0.2, 0) is 9.59 Å². The van der Waals surface area contributed by atoms with Crippen molar-refractivity contribution in [3.63, 3.8) is 0 Å². The van der Waals surface area contributed by atoms with Gasteiger partial charge in [0.25, 0.3) is 0 Å². The van der Waals surface area contributed by atoms with Crippen molar-refractivity contribution in [3.05, 3.63) is 11.3 Å². The van der Waals surface area contributed by atoms with E-state index in [0.717, 1.165) is 12.0 Å². The van der Waals surface area contributed by atoms with E-state index in [1.165, 1.54) is 6.08 Å². The largest absolute Gasteiger partial charge is 0.292 e. The number of Topliss-reactive ketones (excluding diaryl/α,β-unsaturated/α-hetero) is 1. The molecular formula is C10H13NO2. The highest BCUT2D eigenvalue weighted by atomic mass is 16.1. The molecule has 0 radical (unpaired) electrons. The van der Waals surface area contributed by atoms with Crippen LogP contribution in [0.4, 0.5) is 0 Å². The maximum Gasteiger partial charge on any atom is 0.240 e. The zero-order chi connectivity index (χ0) is 10.1. The highest BCUT2D eigenvalue weighted by Crippen LogP contribution is 2.36. The van der Waals surface area contributed by atoms with E-state index in [4.69, 9.17) is 0 Å². The molecule has 13 heavy (non-hydrogen) atoms. The summed E-state index contributed by atoms with van der Waals surface area (Å²) in [5.74, 6) is -0.0444. The fraction of sp³-hybridized carbons (Fsp3) is 0.600. The average molecular weight is 179 g/mol. The molecule has 3 nitrogen and oxygen atoms in total. The van der Waals surface area contributed by atoms with Gasteiger partial charge >= 0.3 is 0 Å². The Labute approximate surface area is 77.5 Å². The fourth-order valence-corrected chi connectivity index (χ4v) is 1.82. The first-order chi connectivity index (χ1) is 5.96. The maximum absolute atomic E-state index is 11.5. The van der Waals surface area contributed by atoms with Crippen LogP contribution in [0.1, 0.15) is 33.6 Å². The van der Waals surface area contributed by atoms with Crippen LogP contribution in [-0.4, -0.2) is 11.9 Å². The summed E-state index contributed by atoms with van der Waals surface area (Å²) < 4.78 is 0. The quantitative estimate of drug-likeness (QED) is 0.456. The molecule has 0 amide bonds. The molecule has 70 valence electrons. The summed E-state index contributed by atoms with van der Waals surface area (Å²) in [6, 6.07) is 0. The molecular weight excluding hydrogens is 166 g/mol. The molecule has 0 aromatic carbocycles. The number of hydrogen-bond donors (Lipinski definition) is 0. The van der Waals surface area contributed by atoms with Gasteiger partial charge in [-0.1, -0.05) is 13.8 Å². The van der Waals surface area contributed by atoms with Crippen LogP contribution in [0.5, 0.6) is 0 Å². The number of ketones is 1. The molecule has 1 aliphatic carbocycles. The van der Waals surface area contributed by atoms with E-state index in [0.29, 0.717) is 12.1 Å². The molecule has 0 heterocycles. The molecule has 0 saturated heterocycles. The van der Waals surface area contributed by atoms with Gasteiger partial charge in [0.05, 0.1) is 0 Å². The van der Waals surface area contributed by atoms with Gasteiger partial charge in [0.15, 0.2) is 5.78 Å². The molecule has 0 atom stereocenters. The second-order valence-corrected chi connectivity index (χ2v) is 4.27. The van der Waals surface area contributed by atoms with Gasteiger partial charge in [-0.15, -0.1) is 0 Å². The average Bonchev–Trinajstić information content (AvgIpc) is 1.94. The Hall–Kier alpha value is -1.21. The second-order valence-electron chi connectivity index (χ2n) is 4.27. The van der Waals surface area contributed by atoms with Gasteiger partial charge in [-0.3, -0.25) is 4.79 Å². The third-order valence-electron chi connectivity index (χ3n) is 2.21. The summed E-state index contributed by atoms with van der Waals surface area (Å²) in [5.41, 5.74) is 1.21. The van der Waals surface area contributed by atoms with E-state index in [9.17, 15) is 9.59 Å². The Morgan fingerprint density at radius 3 is 2.46 bits per heavy atom. The third-order valence-corrected chi connectivity index (χ3v) is 2.21. The van der Waals surface area contributed by atoms with Crippen molar-refractivity contribution in [2.75, 3.05) is 0 Å². The van der Waals surface area contributed by atoms with E-state index in [-0.39, 0.29) is 11.2 Å². The molecule has 1 rings (SSSR count). The number of allylic oxidation sites excluding steroid dienone is 2. The summed E-state index contributed by atoms with van der Waals surface area (Å²) in [6.45, 7) is 5.92. The summed E-state index contributed by atoms with van der Waals surface area (Å²) in [5, 5.41) is 0. The van der Waals surface area contributed by atoms with Gasteiger partial charge in [0.2, 0.25) is 6.08 Å². The lowest BCUT2D eigenvalue weighted by Gasteiger charge is -2.28. The van der Waals surface area contributed by atoms with E-state index >= 15 is 0 Å². The second kappa shape index (κ2) is 3.27. The molecule has 0 saturated carbocycles. The number of rotatable bonds is 1. The number of carbonyl (C=O) groups excluding carboxylic acids is 2. The summed E-state index contributed by atoms with van der Waals surface area (Å²) >= 11 is 0. The Bertz CT molecular complexity index is 320. The van der Waals surface area contributed by atoms with Crippen LogP contribution in [0.2, 0.25) is 0 Å². The van der Waals surface area contributed by atoms with Gasteiger partial charge in [-0.05, 0) is 24.3 Å². The van der Waals surface area contributed by atoms with Crippen LogP contribution in [0.25, 0.3) is 0 Å². The molecule has 0 aromatic rings. The van der Waals surface area contributed by atoms with Gasteiger partial charge in [-0.2, -0.15) is 4.99 Å². The Balaban J connectivity index is 3.08. The smallest absolute Gasteiger partial charge is 0.240 e. The highest BCUT2D eigenvalue weighted by Gasteiger charge is 2.30. The van der Waals surface area contributed by atoms with Crippen LogP contribution in [0.15, 0.2) is 16.3 Å². The Morgan fingerprint density at radius 1 is 1.38 bits per heavy atom. The number of nitrogens with zero attached hydrogens (tertiary/aromatic N) is 1. The molecule has 0 bridgehead atoms. The maximum atomic E-state index is 11.5. The lowest BCUT2D eigenvalue weighted by Crippen LogP contribution is -2.24. The molecule has 0 spiro atoms. The number of hydrogen-bond acceptors (Lipinski definition) is 3. The normalized spacial score (nSPS) is 21.3. The molecule has 0 unspecified atom stereocenters. The first-order valence-corrected chi connectivity index (χ1v) is 4.27. The van der Waals surface area contributed by atoms with Gasteiger partial charge < -0.3 is 0 Å². The van der Waals surface area contributed by atoms with Gasteiger partial charge in [0, 0.05) is 6.42 Å². The minimum Gasteiger partial charge on any atom is -0.292 e. The molecule has 0 N–H and O–H groups in total. The van der Waals surface area contributed by atoms with E-state index < -0.39 is 0 Å². The molecule has 0 aromatic heterocycles. The lowest BCUT2D eigenvalue weighted by molar-refractivity contribution is -0.118. The van der Waals surface area contributed by atoms with Crippen LogP contribution < -0.4 is 0 Å². The fourth-order valence-electron chi connectivity index (χ4n) is 1.82. The lowest BCUT2D eigenvalue weighted by atomic mass is 9.76. The van der Waals surface area contributed by atoms with Gasteiger partial charge in [0.1, 0.15) is 5.70 Å². The standard InChI is InChI=1S/C10H13NO2/c1-7-4-10(2,3)5-8(13)9(7)11-6-12/h4-5H2,1-3H3. The van der Waals surface area contributed by atoms with E-state index in [2.05, 4.69) is 4.99 Å². The van der Waals surface area contributed by atoms with Crippen molar-refractivity contribution in [2.24, 2.45) is 10.4 Å². The summed E-state index contributed by atoms with van der Waals surface area (Å²) in [6.07, 6.45) is 2.70. The first-order valence-electron chi connectivity index (χ1n) is 4.27. The van der Waals surface area contributed by atoms with Gasteiger partial charge in [-0.25, -0.2) is 4.79 Å². The zero-order valence-electron chi connectivity index (χ0n) is 8.18. The van der Waals surface area contributed by atoms with E-state index in [1.54, 1.807) is 0 Å². The minimum absolute atomic E-state index is 0.00305. The predicted octanol–water partition coefficient (Wildman–Crippen LogP) is 1.99. The van der Waals surface area contributed by atoms with Crippen LogP contribution in [0.3, 0.4) is 0 Å². The van der Waals surface area contributed by atoms with Crippen molar-refractivity contribution in [3.8, 4) is 0 Å². The molecule has 1 aliphatic rings. The minimum atomic E-state index is -0.0444. The summed E-state index contributed by atoms with van der Waals surface area (Å²) in [7, 11) is 0. The summed E-state index contributed by atoms with van der Waals surface area (Å²) in [4.78, 5) is 25.0. The Morgan fingerprint density at radius 2 is 2.00 bits per heavy atom. The SMILES string of the molecule is CC1=C(N=C=O)C(=O)CC(C)(C)C1. The van der Waals surface area contributed by atoms with Crippen LogP contribution in [0, 0.1) is 5.41 Å². The van der Waals surface area contributed by atoms with Crippen molar-refractivity contribution in [1.82, 2.24) is 0 Å². The number of isocyanates is 1. The first kappa shape index (κ1) is 9.87. The van der Waals surface area contributed by atoms with Crippen molar-refractivity contribution >= 4 is 11.9 Å². The molecule has 0 aliphatic heterocycles. The zero-order valence-corrected chi connectivity index (χ0v) is 8.18. The molecule has 3 heteroatoms. The predicted molar refractivity (Wildman–Crippen MR) is 48.8 cm³/mol. The highest BCUT2D eigenvalue weighted by molar-refractivity contribution is 5.97. The van der Waals surface area contributed by atoms with Crippen molar-refractivity contribution < 1.29 is 9.59 Å². The third kappa shape index (κ3) is 2.13. The number of carbonyl (C=O) groups is 1. The molecule has 0 fully saturated rings. The van der Waals surface area contributed by atoms with Crippen molar-refractivity contribution in [1.29, 1.82) is 0 Å². The monoisotopic (exact) mass is 179 g/mol. The Kier molecular flexibility index (Phi) is 2.48. The van der Waals surface area contributed by atoms with Crippen LogP contribution >= 0.6 is 0 Å². The topological polar surface area (TPSA) is 46.5 Å². The van der Waals surface area contributed by atoms with E-state index in [1.807, 2.05) is 20.8 Å². The van der Waals surface area contributed by atoms with Crippen molar-refractivity contribution in [2.45, 2.75) is 33.6 Å². The number of aliphatic imine (C=N–C) groups is 1.